The molecule has 0 aromatic heterocycles. The van der Waals surface area contributed by atoms with Gasteiger partial charge in [0.2, 0.25) is 5.91 Å². The number of carbonyl (C=O) groups excluding carboxylic acids is 2. The number of aliphatic carboxylic acids is 1. The van der Waals surface area contributed by atoms with Crippen molar-refractivity contribution in [2.24, 2.45) is 0 Å². The molecule has 0 saturated heterocycles. The van der Waals surface area contributed by atoms with Crippen LogP contribution in [0.2, 0.25) is 0 Å². The third-order valence-corrected chi connectivity index (χ3v) is 2.02. The Kier molecular flexibility index (Phi) is 5.28. The minimum absolute atomic E-state index is 0.261. The van der Waals surface area contributed by atoms with Crippen LogP contribution in [-0.2, 0) is 14.3 Å². The second-order valence-electron chi connectivity index (χ2n) is 3.46. The summed E-state index contributed by atoms with van der Waals surface area (Å²) in [5.41, 5.74) is 0.687. The molecule has 0 bridgehead atoms. The highest BCUT2D eigenvalue weighted by Crippen LogP contribution is 2.11. The zero-order chi connectivity index (χ0) is 14.3. The van der Waals surface area contributed by atoms with E-state index in [-0.39, 0.29) is 6.61 Å². The van der Waals surface area contributed by atoms with E-state index in [1.807, 2.05) is 0 Å². The molecule has 0 atom stereocenters. The molecule has 1 aromatic rings. The van der Waals surface area contributed by atoms with Gasteiger partial charge in [0.05, 0.1) is 12.2 Å². The number of nitrogens with one attached hydrogen (secondary N) is 1. The number of hydrogen-bond acceptors (Lipinski definition) is 4. The second kappa shape index (κ2) is 6.95. The normalized spacial score (nSPS) is 10.2. The number of anilines is 1. The van der Waals surface area contributed by atoms with Gasteiger partial charge < -0.3 is 15.2 Å². The summed E-state index contributed by atoms with van der Waals surface area (Å²) in [6.45, 7) is 1.96. The van der Waals surface area contributed by atoms with Gasteiger partial charge in [-0.2, -0.15) is 0 Å². The van der Waals surface area contributed by atoms with E-state index in [0.717, 1.165) is 12.2 Å². The summed E-state index contributed by atoms with van der Waals surface area (Å²) in [6, 6.07) is 6.17. The first-order valence-electron chi connectivity index (χ1n) is 5.52. The number of ether oxygens (including phenoxy) is 1. The van der Waals surface area contributed by atoms with E-state index in [9.17, 15) is 14.4 Å². The molecule has 0 aliphatic heterocycles. The fraction of sp³-hybridized carbons (Fsp3) is 0.154. The summed E-state index contributed by atoms with van der Waals surface area (Å²) in [6.07, 6.45) is 1.61. The number of carboxylic acid groups (broad SMARTS) is 1. The SMILES string of the molecule is CCOC(=O)c1cccc(NC(=O)/C=C\C(=O)O)c1. The zero-order valence-electron chi connectivity index (χ0n) is 10.3. The molecule has 6 nitrogen and oxygen atoms in total. The van der Waals surface area contributed by atoms with Gasteiger partial charge in [0.15, 0.2) is 0 Å². The third-order valence-electron chi connectivity index (χ3n) is 2.02. The largest absolute Gasteiger partial charge is 0.478 e. The Bertz CT molecular complexity index is 522. The van der Waals surface area contributed by atoms with Gasteiger partial charge in [0, 0.05) is 17.8 Å². The fourth-order valence-corrected chi connectivity index (χ4v) is 1.27. The molecule has 0 unspecified atom stereocenters. The highest BCUT2D eigenvalue weighted by Gasteiger charge is 2.07. The Morgan fingerprint density at radius 3 is 2.68 bits per heavy atom. The van der Waals surface area contributed by atoms with Gasteiger partial charge in [-0.25, -0.2) is 9.59 Å². The van der Waals surface area contributed by atoms with Gasteiger partial charge in [-0.1, -0.05) is 6.07 Å². The van der Waals surface area contributed by atoms with Gasteiger partial charge in [-0.05, 0) is 25.1 Å². The zero-order valence-corrected chi connectivity index (χ0v) is 10.3. The van der Waals surface area contributed by atoms with Crippen molar-refractivity contribution in [3.63, 3.8) is 0 Å². The van der Waals surface area contributed by atoms with Crippen molar-refractivity contribution in [1.29, 1.82) is 0 Å². The summed E-state index contributed by atoms with van der Waals surface area (Å²) < 4.78 is 4.82. The van der Waals surface area contributed by atoms with Crippen LogP contribution in [0.1, 0.15) is 17.3 Å². The predicted molar refractivity (Wildman–Crippen MR) is 67.8 cm³/mol. The van der Waals surface area contributed by atoms with E-state index in [1.165, 1.54) is 6.07 Å². The number of hydrogen-bond donors (Lipinski definition) is 2. The van der Waals surface area contributed by atoms with E-state index in [0.29, 0.717) is 11.3 Å². The number of rotatable bonds is 5. The number of benzene rings is 1. The minimum atomic E-state index is -1.21. The summed E-state index contributed by atoms with van der Waals surface area (Å²) >= 11 is 0. The van der Waals surface area contributed by atoms with Crippen LogP contribution in [0.25, 0.3) is 0 Å². The molecule has 0 aliphatic rings. The maximum atomic E-state index is 11.5. The molecular formula is C13H13NO5. The Balaban J connectivity index is 2.74. The third kappa shape index (κ3) is 5.03. The summed E-state index contributed by atoms with van der Waals surface area (Å²) in [7, 11) is 0. The average molecular weight is 263 g/mol. The van der Waals surface area contributed by atoms with Crippen molar-refractivity contribution in [3.8, 4) is 0 Å². The Morgan fingerprint density at radius 2 is 2.05 bits per heavy atom. The second-order valence-corrected chi connectivity index (χ2v) is 3.46. The van der Waals surface area contributed by atoms with Gasteiger partial charge in [0.25, 0.3) is 0 Å². The number of esters is 1. The van der Waals surface area contributed by atoms with Crippen LogP contribution in [0.4, 0.5) is 5.69 Å². The highest BCUT2D eigenvalue weighted by atomic mass is 16.5. The van der Waals surface area contributed by atoms with Crippen LogP contribution in [0.3, 0.4) is 0 Å². The highest BCUT2D eigenvalue weighted by molar-refractivity contribution is 6.03. The number of carbonyl (C=O) groups is 3. The van der Waals surface area contributed by atoms with Gasteiger partial charge in [-0.15, -0.1) is 0 Å². The van der Waals surface area contributed by atoms with E-state index in [1.54, 1.807) is 25.1 Å². The predicted octanol–water partition coefficient (Wildman–Crippen LogP) is 1.44. The quantitative estimate of drug-likeness (QED) is 0.619. The molecule has 1 rings (SSSR count). The first kappa shape index (κ1) is 14.4. The number of carboxylic acids is 1. The monoisotopic (exact) mass is 263 g/mol. The number of amides is 1. The standard InChI is InChI=1S/C13H13NO5/c1-2-19-13(18)9-4-3-5-10(8-9)14-11(15)6-7-12(16)17/h3-8H,2H2,1H3,(H,14,15)(H,16,17)/b7-6-. The molecule has 0 radical (unpaired) electrons. The Morgan fingerprint density at radius 1 is 1.32 bits per heavy atom. The van der Waals surface area contributed by atoms with E-state index in [2.05, 4.69) is 5.32 Å². The van der Waals surface area contributed by atoms with Crippen LogP contribution < -0.4 is 5.32 Å². The fourth-order valence-electron chi connectivity index (χ4n) is 1.27. The molecule has 0 saturated carbocycles. The van der Waals surface area contributed by atoms with Crippen LogP contribution >= 0.6 is 0 Å². The minimum Gasteiger partial charge on any atom is -0.478 e. The Hall–Kier alpha value is -2.63. The lowest BCUT2D eigenvalue weighted by Crippen LogP contribution is -2.10. The van der Waals surface area contributed by atoms with Crippen molar-refractivity contribution >= 4 is 23.5 Å². The first-order valence-corrected chi connectivity index (χ1v) is 5.52. The molecule has 0 aliphatic carbocycles. The van der Waals surface area contributed by atoms with Crippen LogP contribution in [0, 0.1) is 0 Å². The molecule has 1 aromatic carbocycles. The van der Waals surface area contributed by atoms with Crippen LogP contribution in [0.15, 0.2) is 36.4 Å². The molecule has 19 heavy (non-hydrogen) atoms. The lowest BCUT2D eigenvalue weighted by molar-refractivity contribution is -0.131. The van der Waals surface area contributed by atoms with Crippen molar-refractivity contribution in [3.05, 3.63) is 42.0 Å². The molecule has 6 heteroatoms. The van der Waals surface area contributed by atoms with Crippen molar-refractivity contribution in [1.82, 2.24) is 0 Å². The lowest BCUT2D eigenvalue weighted by Gasteiger charge is -2.05. The molecule has 0 heterocycles. The molecule has 1 amide bonds. The van der Waals surface area contributed by atoms with Gasteiger partial charge in [0.1, 0.15) is 0 Å². The summed E-state index contributed by atoms with van der Waals surface area (Å²) in [4.78, 5) is 33.1. The Labute approximate surface area is 109 Å². The van der Waals surface area contributed by atoms with Crippen molar-refractivity contribution in [2.45, 2.75) is 6.92 Å². The summed E-state index contributed by atoms with van der Waals surface area (Å²) in [5, 5.41) is 10.8. The van der Waals surface area contributed by atoms with E-state index < -0.39 is 17.8 Å². The van der Waals surface area contributed by atoms with Crippen LogP contribution in [-0.4, -0.2) is 29.6 Å². The molecule has 2 N–H and O–H groups in total. The molecule has 0 fully saturated rings. The van der Waals surface area contributed by atoms with Crippen molar-refractivity contribution in [2.75, 3.05) is 11.9 Å². The topological polar surface area (TPSA) is 92.7 Å². The van der Waals surface area contributed by atoms with Gasteiger partial charge in [-0.3, -0.25) is 4.79 Å². The first-order chi connectivity index (χ1) is 9.02. The summed E-state index contributed by atoms with van der Waals surface area (Å²) in [5.74, 6) is -2.29. The maximum absolute atomic E-state index is 11.5. The average Bonchev–Trinajstić information content (AvgIpc) is 2.37. The van der Waals surface area contributed by atoms with Crippen LogP contribution in [0.5, 0.6) is 0 Å². The molecular weight excluding hydrogens is 250 g/mol. The molecule has 0 spiro atoms. The van der Waals surface area contributed by atoms with Gasteiger partial charge >= 0.3 is 11.9 Å². The smallest absolute Gasteiger partial charge is 0.338 e. The van der Waals surface area contributed by atoms with E-state index >= 15 is 0 Å². The van der Waals surface area contributed by atoms with Crippen molar-refractivity contribution < 1.29 is 24.2 Å². The maximum Gasteiger partial charge on any atom is 0.338 e. The molecule has 100 valence electrons. The van der Waals surface area contributed by atoms with E-state index in [4.69, 9.17) is 9.84 Å². The lowest BCUT2D eigenvalue weighted by atomic mass is 10.2.